The maximum absolute atomic E-state index is 9.70. The van der Waals surface area contributed by atoms with Gasteiger partial charge in [0.1, 0.15) is 5.75 Å². The topological polar surface area (TPSA) is 20.2 Å². The molecule has 0 aromatic heterocycles. The smallest absolute Gasteiger partial charge is 0.123 e. The molecule has 0 spiro atoms. The Hall–Kier alpha value is -1.50. The van der Waals surface area contributed by atoms with Gasteiger partial charge in [-0.3, -0.25) is 0 Å². The van der Waals surface area contributed by atoms with Crippen LogP contribution in [0.3, 0.4) is 0 Å². The summed E-state index contributed by atoms with van der Waals surface area (Å²) in [6.45, 7) is 0. The summed E-state index contributed by atoms with van der Waals surface area (Å²) in [4.78, 5) is 0. The van der Waals surface area contributed by atoms with E-state index in [4.69, 9.17) is 0 Å². The second kappa shape index (κ2) is 2.74. The van der Waals surface area contributed by atoms with Crippen molar-refractivity contribution in [3.05, 3.63) is 41.5 Å². The molecule has 14 heavy (non-hydrogen) atoms. The fourth-order valence-corrected chi connectivity index (χ4v) is 2.43. The molecule has 0 radical (unpaired) electrons. The minimum Gasteiger partial charge on any atom is -0.507 e. The minimum absolute atomic E-state index is 0.400. The summed E-state index contributed by atoms with van der Waals surface area (Å²) < 4.78 is 0. The molecule has 0 heterocycles. The molecule has 0 saturated carbocycles. The van der Waals surface area contributed by atoms with Gasteiger partial charge in [-0.1, -0.05) is 24.3 Å². The maximum atomic E-state index is 9.70. The predicted octanol–water partition coefficient (Wildman–Crippen LogP) is 3.03. The summed E-state index contributed by atoms with van der Waals surface area (Å²) in [6.07, 6.45) is 3.61. The highest BCUT2D eigenvalue weighted by Gasteiger charge is 2.14. The second-order valence-electron chi connectivity index (χ2n) is 3.93. The van der Waals surface area contributed by atoms with Gasteiger partial charge in [0.15, 0.2) is 0 Å². The molecule has 0 aliphatic heterocycles. The Labute approximate surface area is 83.0 Å². The van der Waals surface area contributed by atoms with Gasteiger partial charge in [-0.25, -0.2) is 0 Å². The third kappa shape index (κ3) is 0.955. The average Bonchev–Trinajstić information content (AvgIpc) is 2.66. The maximum Gasteiger partial charge on any atom is 0.123 e. The first kappa shape index (κ1) is 7.86. The van der Waals surface area contributed by atoms with Crippen molar-refractivity contribution in [2.75, 3.05) is 0 Å². The monoisotopic (exact) mass is 184 g/mol. The normalized spacial score (nSPS) is 14.6. The van der Waals surface area contributed by atoms with Crippen LogP contribution >= 0.6 is 0 Å². The lowest BCUT2D eigenvalue weighted by atomic mass is 10.0. The molecule has 1 heteroatoms. The Morgan fingerprint density at radius 1 is 0.929 bits per heavy atom. The van der Waals surface area contributed by atoms with Crippen molar-refractivity contribution in [2.24, 2.45) is 0 Å². The Bertz CT molecular complexity index is 500. The SMILES string of the molecule is Oc1cccc2c3c(ccc12)CCC3. The molecular weight excluding hydrogens is 172 g/mol. The van der Waals surface area contributed by atoms with Crippen LogP contribution in [-0.2, 0) is 12.8 Å². The number of hydrogen-bond donors (Lipinski definition) is 1. The van der Waals surface area contributed by atoms with E-state index in [1.165, 1.54) is 29.4 Å². The lowest BCUT2D eigenvalue weighted by molar-refractivity contribution is 0.481. The first-order chi connectivity index (χ1) is 6.86. The zero-order chi connectivity index (χ0) is 9.54. The highest BCUT2D eigenvalue weighted by Crippen LogP contribution is 2.33. The van der Waals surface area contributed by atoms with Crippen LogP contribution in [0.4, 0.5) is 0 Å². The van der Waals surface area contributed by atoms with Crippen LogP contribution in [0.5, 0.6) is 5.75 Å². The number of aryl methyl sites for hydroxylation is 2. The van der Waals surface area contributed by atoms with Crippen LogP contribution in [0.1, 0.15) is 17.5 Å². The number of phenols is 1. The Morgan fingerprint density at radius 3 is 2.79 bits per heavy atom. The van der Waals surface area contributed by atoms with Gasteiger partial charge >= 0.3 is 0 Å². The van der Waals surface area contributed by atoms with E-state index in [0.717, 1.165) is 11.8 Å². The zero-order valence-corrected chi connectivity index (χ0v) is 7.96. The number of aromatic hydroxyl groups is 1. The number of phenolic OH excluding ortho intramolecular Hbond substituents is 1. The third-order valence-electron chi connectivity index (χ3n) is 3.12. The highest BCUT2D eigenvalue weighted by molar-refractivity contribution is 5.91. The number of rotatable bonds is 0. The van der Waals surface area contributed by atoms with E-state index in [0.29, 0.717) is 5.75 Å². The molecule has 2 aromatic carbocycles. The first-order valence-corrected chi connectivity index (χ1v) is 5.09. The summed E-state index contributed by atoms with van der Waals surface area (Å²) in [5.74, 6) is 0.400. The average molecular weight is 184 g/mol. The standard InChI is InChI=1S/C13H12O/c14-13-6-2-5-11-10-4-1-3-9(10)7-8-12(11)13/h2,5-8,14H,1,3-4H2. The largest absolute Gasteiger partial charge is 0.507 e. The molecule has 1 aliphatic rings. The molecule has 1 aliphatic carbocycles. The fourth-order valence-electron chi connectivity index (χ4n) is 2.43. The third-order valence-corrected chi connectivity index (χ3v) is 3.12. The molecule has 1 N–H and O–H groups in total. The molecule has 0 unspecified atom stereocenters. The molecule has 0 fully saturated rings. The lowest BCUT2D eigenvalue weighted by Gasteiger charge is -2.06. The molecule has 1 nitrogen and oxygen atoms in total. The van der Waals surface area contributed by atoms with Crippen molar-refractivity contribution >= 4 is 10.8 Å². The van der Waals surface area contributed by atoms with Crippen molar-refractivity contribution in [2.45, 2.75) is 19.3 Å². The Kier molecular flexibility index (Phi) is 1.54. The second-order valence-corrected chi connectivity index (χ2v) is 3.93. The fraction of sp³-hybridized carbons (Fsp3) is 0.231. The lowest BCUT2D eigenvalue weighted by Crippen LogP contribution is -1.84. The van der Waals surface area contributed by atoms with E-state index < -0.39 is 0 Å². The van der Waals surface area contributed by atoms with E-state index in [2.05, 4.69) is 12.1 Å². The molecular formula is C13H12O. The Balaban J connectivity index is 2.44. The molecule has 0 saturated heterocycles. The van der Waals surface area contributed by atoms with Gasteiger partial charge in [-0.05, 0) is 41.8 Å². The van der Waals surface area contributed by atoms with Crippen molar-refractivity contribution in [3.8, 4) is 5.75 Å². The summed E-state index contributed by atoms with van der Waals surface area (Å²) in [7, 11) is 0. The number of benzene rings is 2. The number of fused-ring (bicyclic) bond motifs is 3. The van der Waals surface area contributed by atoms with Crippen LogP contribution in [-0.4, -0.2) is 5.11 Å². The van der Waals surface area contributed by atoms with Crippen molar-refractivity contribution in [1.82, 2.24) is 0 Å². The van der Waals surface area contributed by atoms with E-state index in [-0.39, 0.29) is 0 Å². The van der Waals surface area contributed by atoms with Crippen molar-refractivity contribution in [3.63, 3.8) is 0 Å². The van der Waals surface area contributed by atoms with E-state index in [1.54, 1.807) is 6.07 Å². The molecule has 2 aromatic rings. The Morgan fingerprint density at radius 2 is 1.86 bits per heavy atom. The van der Waals surface area contributed by atoms with Gasteiger partial charge in [-0.2, -0.15) is 0 Å². The van der Waals surface area contributed by atoms with Crippen LogP contribution in [0, 0.1) is 0 Å². The summed E-state index contributed by atoms with van der Waals surface area (Å²) in [5, 5.41) is 11.9. The zero-order valence-electron chi connectivity index (χ0n) is 7.96. The first-order valence-electron chi connectivity index (χ1n) is 5.09. The van der Waals surface area contributed by atoms with Gasteiger partial charge in [0.05, 0.1) is 0 Å². The van der Waals surface area contributed by atoms with E-state index in [1.807, 2.05) is 12.1 Å². The van der Waals surface area contributed by atoms with E-state index in [9.17, 15) is 5.11 Å². The van der Waals surface area contributed by atoms with Gasteiger partial charge in [0, 0.05) is 5.39 Å². The van der Waals surface area contributed by atoms with Crippen molar-refractivity contribution < 1.29 is 5.11 Å². The molecule has 0 bridgehead atoms. The predicted molar refractivity (Wildman–Crippen MR) is 57.6 cm³/mol. The molecule has 3 rings (SSSR count). The van der Waals surface area contributed by atoms with Crippen molar-refractivity contribution in [1.29, 1.82) is 0 Å². The molecule has 70 valence electrons. The molecule has 0 atom stereocenters. The van der Waals surface area contributed by atoms with Gasteiger partial charge in [-0.15, -0.1) is 0 Å². The van der Waals surface area contributed by atoms with Crippen LogP contribution in [0.25, 0.3) is 10.8 Å². The van der Waals surface area contributed by atoms with Crippen LogP contribution < -0.4 is 0 Å². The highest BCUT2D eigenvalue weighted by atomic mass is 16.3. The summed E-state index contributed by atoms with van der Waals surface area (Å²) >= 11 is 0. The summed E-state index contributed by atoms with van der Waals surface area (Å²) in [5.41, 5.74) is 2.90. The van der Waals surface area contributed by atoms with Crippen LogP contribution in [0.2, 0.25) is 0 Å². The summed E-state index contributed by atoms with van der Waals surface area (Å²) in [6, 6.07) is 9.98. The van der Waals surface area contributed by atoms with E-state index >= 15 is 0 Å². The minimum atomic E-state index is 0.400. The van der Waals surface area contributed by atoms with Gasteiger partial charge in [0.2, 0.25) is 0 Å². The molecule has 0 amide bonds. The van der Waals surface area contributed by atoms with Gasteiger partial charge < -0.3 is 5.11 Å². The number of hydrogen-bond acceptors (Lipinski definition) is 1. The quantitative estimate of drug-likeness (QED) is 0.667. The van der Waals surface area contributed by atoms with Crippen LogP contribution in [0.15, 0.2) is 30.3 Å². The van der Waals surface area contributed by atoms with Gasteiger partial charge in [0.25, 0.3) is 0 Å².